The summed E-state index contributed by atoms with van der Waals surface area (Å²) in [7, 11) is 0. The molecule has 3 nitrogen and oxygen atoms in total. The Morgan fingerprint density at radius 2 is 2.09 bits per heavy atom. The summed E-state index contributed by atoms with van der Waals surface area (Å²) in [6.45, 7) is 4.41. The maximum atomic E-state index is 5.55. The number of rotatable bonds is 4. The van der Waals surface area contributed by atoms with Gasteiger partial charge in [-0.3, -0.25) is 0 Å². The Morgan fingerprint density at radius 1 is 1.30 bits per heavy atom. The molecule has 0 aromatic heterocycles. The van der Waals surface area contributed by atoms with E-state index in [1.807, 2.05) is 6.08 Å². The summed E-state index contributed by atoms with van der Waals surface area (Å²) in [6.07, 6.45) is 11.3. The molecule has 0 spiro atoms. The van der Waals surface area contributed by atoms with Crippen LogP contribution in [0.3, 0.4) is 0 Å². The smallest absolute Gasteiger partial charge is 0.130 e. The topological polar surface area (TPSA) is 41.3 Å². The SMILES string of the molecule is CC/C(=C\C=C/N)N1C2=C(CCC(C)=C2)NC1c1ccccc1. The standard InChI is InChI=1S/C20H25N3/c1-3-17(10-7-13-21)23-19-14-15(2)11-12-18(19)22-20(23)16-8-5-4-6-9-16/h4-10,13-14,20,22H,3,11-12,21H2,1-2H3/b13-7-,17-10+. The highest BCUT2D eigenvalue weighted by Crippen LogP contribution is 2.40. The van der Waals surface area contributed by atoms with Crippen molar-refractivity contribution in [3.63, 3.8) is 0 Å². The molecule has 1 heterocycles. The van der Waals surface area contributed by atoms with Crippen molar-refractivity contribution in [2.75, 3.05) is 0 Å². The van der Waals surface area contributed by atoms with Crippen LogP contribution in [0.2, 0.25) is 0 Å². The molecule has 1 aromatic carbocycles. The molecular weight excluding hydrogens is 282 g/mol. The highest BCUT2D eigenvalue weighted by molar-refractivity contribution is 5.41. The molecule has 0 saturated heterocycles. The molecule has 120 valence electrons. The van der Waals surface area contributed by atoms with Gasteiger partial charge in [0, 0.05) is 11.4 Å². The first-order valence-corrected chi connectivity index (χ1v) is 8.33. The van der Waals surface area contributed by atoms with Gasteiger partial charge in [0.25, 0.3) is 0 Å². The van der Waals surface area contributed by atoms with E-state index in [0.717, 1.165) is 19.3 Å². The van der Waals surface area contributed by atoms with Crippen molar-refractivity contribution >= 4 is 0 Å². The van der Waals surface area contributed by atoms with E-state index in [1.54, 1.807) is 6.20 Å². The highest BCUT2D eigenvalue weighted by atomic mass is 15.3. The van der Waals surface area contributed by atoms with Crippen LogP contribution in [0.15, 0.2) is 77.4 Å². The van der Waals surface area contributed by atoms with Crippen molar-refractivity contribution in [3.05, 3.63) is 83.0 Å². The fraction of sp³-hybridized carbons (Fsp3) is 0.300. The van der Waals surface area contributed by atoms with Gasteiger partial charge in [-0.25, -0.2) is 0 Å². The number of hydrogen-bond acceptors (Lipinski definition) is 3. The second-order valence-corrected chi connectivity index (χ2v) is 6.08. The van der Waals surface area contributed by atoms with Crippen LogP contribution in [0.4, 0.5) is 0 Å². The molecule has 0 radical (unpaired) electrons. The molecule has 0 saturated carbocycles. The highest BCUT2D eigenvalue weighted by Gasteiger charge is 2.33. The minimum Gasteiger partial charge on any atom is -0.405 e. The first kappa shape index (κ1) is 15.5. The Labute approximate surface area is 138 Å². The van der Waals surface area contributed by atoms with Gasteiger partial charge in [-0.15, -0.1) is 0 Å². The molecule has 1 aromatic rings. The maximum Gasteiger partial charge on any atom is 0.130 e. The van der Waals surface area contributed by atoms with E-state index in [2.05, 4.69) is 66.5 Å². The molecule has 0 amide bonds. The van der Waals surface area contributed by atoms with E-state index < -0.39 is 0 Å². The van der Waals surface area contributed by atoms with E-state index in [9.17, 15) is 0 Å². The van der Waals surface area contributed by atoms with Gasteiger partial charge in [-0.05, 0) is 56.2 Å². The first-order valence-electron chi connectivity index (χ1n) is 8.33. The van der Waals surface area contributed by atoms with Crippen LogP contribution in [0.1, 0.15) is 44.8 Å². The van der Waals surface area contributed by atoms with Gasteiger partial charge in [0.1, 0.15) is 6.17 Å². The van der Waals surface area contributed by atoms with Crippen LogP contribution in [-0.2, 0) is 0 Å². The molecule has 3 heteroatoms. The molecule has 1 atom stereocenters. The molecule has 1 aliphatic carbocycles. The Balaban J connectivity index is 2.05. The summed E-state index contributed by atoms with van der Waals surface area (Å²) < 4.78 is 0. The van der Waals surface area contributed by atoms with Gasteiger partial charge in [0.2, 0.25) is 0 Å². The van der Waals surface area contributed by atoms with Gasteiger partial charge >= 0.3 is 0 Å². The Morgan fingerprint density at radius 3 is 2.78 bits per heavy atom. The lowest BCUT2D eigenvalue weighted by atomic mass is 10.0. The lowest BCUT2D eigenvalue weighted by Gasteiger charge is -2.31. The third-order valence-corrected chi connectivity index (χ3v) is 4.48. The van der Waals surface area contributed by atoms with Crippen molar-refractivity contribution in [2.45, 2.75) is 39.3 Å². The molecule has 0 fully saturated rings. The number of allylic oxidation sites excluding steroid dienone is 6. The van der Waals surface area contributed by atoms with E-state index >= 15 is 0 Å². The van der Waals surface area contributed by atoms with Crippen LogP contribution >= 0.6 is 0 Å². The van der Waals surface area contributed by atoms with E-state index in [1.165, 1.54) is 28.2 Å². The number of nitrogens with one attached hydrogen (secondary N) is 1. The molecule has 1 aliphatic heterocycles. The van der Waals surface area contributed by atoms with Crippen molar-refractivity contribution in [3.8, 4) is 0 Å². The van der Waals surface area contributed by atoms with Crippen molar-refractivity contribution < 1.29 is 0 Å². The lowest BCUT2D eigenvalue weighted by Crippen LogP contribution is -2.28. The molecule has 3 N–H and O–H groups in total. The Kier molecular flexibility index (Phi) is 4.56. The second-order valence-electron chi connectivity index (χ2n) is 6.08. The number of nitrogens with zero attached hydrogens (tertiary/aromatic N) is 1. The van der Waals surface area contributed by atoms with Gasteiger partial charge < -0.3 is 16.0 Å². The van der Waals surface area contributed by atoms with Crippen LogP contribution < -0.4 is 11.1 Å². The van der Waals surface area contributed by atoms with Crippen molar-refractivity contribution in [1.29, 1.82) is 0 Å². The molecular formula is C20H25N3. The number of hydrogen-bond donors (Lipinski definition) is 2. The van der Waals surface area contributed by atoms with E-state index in [4.69, 9.17) is 5.73 Å². The van der Waals surface area contributed by atoms with Crippen molar-refractivity contribution in [1.82, 2.24) is 10.2 Å². The Hall–Kier alpha value is -2.42. The third-order valence-electron chi connectivity index (χ3n) is 4.48. The number of benzene rings is 1. The number of nitrogens with two attached hydrogens (primary N) is 1. The second kappa shape index (κ2) is 6.78. The minimum absolute atomic E-state index is 0.153. The summed E-state index contributed by atoms with van der Waals surface area (Å²) in [5, 5.41) is 3.74. The summed E-state index contributed by atoms with van der Waals surface area (Å²) in [4.78, 5) is 2.42. The third kappa shape index (κ3) is 3.04. The van der Waals surface area contributed by atoms with Gasteiger partial charge in [0.05, 0.1) is 5.70 Å². The van der Waals surface area contributed by atoms with Crippen LogP contribution in [0.25, 0.3) is 0 Å². The molecule has 0 bridgehead atoms. The van der Waals surface area contributed by atoms with Crippen LogP contribution in [0.5, 0.6) is 0 Å². The first-order chi connectivity index (χ1) is 11.2. The summed E-state index contributed by atoms with van der Waals surface area (Å²) in [5.74, 6) is 0. The summed E-state index contributed by atoms with van der Waals surface area (Å²) in [5.41, 5.74) is 12.2. The lowest BCUT2D eigenvalue weighted by molar-refractivity contribution is 0.324. The average molecular weight is 307 g/mol. The van der Waals surface area contributed by atoms with E-state index in [0.29, 0.717) is 0 Å². The quantitative estimate of drug-likeness (QED) is 0.815. The van der Waals surface area contributed by atoms with Gasteiger partial charge in [-0.2, -0.15) is 0 Å². The normalized spacial score (nSPS) is 21.5. The van der Waals surface area contributed by atoms with Crippen molar-refractivity contribution in [2.24, 2.45) is 5.73 Å². The van der Waals surface area contributed by atoms with E-state index in [-0.39, 0.29) is 6.17 Å². The predicted octanol–water partition coefficient (Wildman–Crippen LogP) is 4.31. The zero-order valence-corrected chi connectivity index (χ0v) is 13.9. The minimum atomic E-state index is 0.153. The summed E-state index contributed by atoms with van der Waals surface area (Å²) in [6, 6.07) is 10.6. The average Bonchev–Trinajstić information content (AvgIpc) is 2.95. The fourth-order valence-electron chi connectivity index (χ4n) is 3.30. The largest absolute Gasteiger partial charge is 0.405 e. The Bertz CT molecular complexity index is 680. The van der Waals surface area contributed by atoms with Gasteiger partial charge in [0.15, 0.2) is 0 Å². The van der Waals surface area contributed by atoms with Crippen LogP contribution in [0, 0.1) is 0 Å². The predicted molar refractivity (Wildman–Crippen MR) is 95.9 cm³/mol. The zero-order valence-electron chi connectivity index (χ0n) is 13.9. The van der Waals surface area contributed by atoms with Crippen LogP contribution in [-0.4, -0.2) is 4.90 Å². The zero-order chi connectivity index (χ0) is 16.2. The summed E-state index contributed by atoms with van der Waals surface area (Å²) >= 11 is 0. The molecule has 1 unspecified atom stereocenters. The molecule has 23 heavy (non-hydrogen) atoms. The fourth-order valence-corrected chi connectivity index (χ4v) is 3.30. The maximum absolute atomic E-state index is 5.55. The monoisotopic (exact) mass is 307 g/mol. The van der Waals surface area contributed by atoms with Gasteiger partial charge in [-0.1, -0.05) is 42.8 Å². The molecule has 3 rings (SSSR count). The molecule has 2 aliphatic rings.